The number of hydrogen-bond acceptors (Lipinski definition) is 4. The molecule has 1 saturated heterocycles. The van der Waals surface area contributed by atoms with Gasteiger partial charge in [-0.25, -0.2) is 4.98 Å². The summed E-state index contributed by atoms with van der Waals surface area (Å²) < 4.78 is 0. The van der Waals surface area contributed by atoms with Crippen molar-refractivity contribution in [2.24, 2.45) is 0 Å². The van der Waals surface area contributed by atoms with Gasteiger partial charge in [0.15, 0.2) is 0 Å². The van der Waals surface area contributed by atoms with Crippen molar-refractivity contribution < 1.29 is 0 Å². The van der Waals surface area contributed by atoms with E-state index < -0.39 is 0 Å². The maximum absolute atomic E-state index is 4.70. The molecule has 4 heteroatoms. The van der Waals surface area contributed by atoms with Crippen LogP contribution in [0.3, 0.4) is 0 Å². The van der Waals surface area contributed by atoms with Crippen LogP contribution in [0.1, 0.15) is 35.9 Å². The van der Waals surface area contributed by atoms with Crippen LogP contribution in [0.25, 0.3) is 10.4 Å². The van der Waals surface area contributed by atoms with Crippen molar-refractivity contribution in [3.63, 3.8) is 0 Å². The third-order valence-electron chi connectivity index (χ3n) is 4.89. The molecule has 0 unspecified atom stereocenters. The van der Waals surface area contributed by atoms with Crippen LogP contribution in [0, 0.1) is 0 Å². The predicted octanol–water partition coefficient (Wildman–Crippen LogP) is 3.26. The highest BCUT2D eigenvalue weighted by Crippen LogP contribution is 2.35. The summed E-state index contributed by atoms with van der Waals surface area (Å²) in [5.74, 6) is 0.639. The van der Waals surface area contributed by atoms with Gasteiger partial charge in [-0.1, -0.05) is 12.1 Å². The summed E-state index contributed by atoms with van der Waals surface area (Å²) in [6, 6.07) is 7.57. The Labute approximate surface area is 136 Å². The topological polar surface area (TPSA) is 28.2 Å². The van der Waals surface area contributed by atoms with Crippen LogP contribution in [0.5, 0.6) is 0 Å². The monoisotopic (exact) mass is 313 g/mol. The number of nitrogens with one attached hydrogen (secondary N) is 1. The Hall–Kier alpha value is -1.23. The van der Waals surface area contributed by atoms with Gasteiger partial charge in [0.2, 0.25) is 0 Å². The van der Waals surface area contributed by atoms with Gasteiger partial charge in [-0.15, -0.1) is 11.3 Å². The lowest BCUT2D eigenvalue weighted by Gasteiger charge is -2.41. The number of likely N-dealkylation sites (tertiary alicyclic amines) is 1. The lowest BCUT2D eigenvalue weighted by Crippen LogP contribution is -2.48. The zero-order chi connectivity index (χ0) is 15.1. The van der Waals surface area contributed by atoms with Crippen molar-refractivity contribution in [1.82, 2.24) is 15.2 Å². The van der Waals surface area contributed by atoms with Gasteiger partial charge < -0.3 is 5.32 Å². The van der Waals surface area contributed by atoms with E-state index in [1.807, 2.05) is 11.3 Å². The number of benzene rings is 1. The minimum absolute atomic E-state index is 0.639. The Morgan fingerprint density at radius 2 is 2.14 bits per heavy atom. The third-order valence-corrected chi connectivity index (χ3v) is 6.10. The molecule has 116 valence electrons. The van der Waals surface area contributed by atoms with Crippen LogP contribution in [-0.2, 0) is 13.0 Å². The number of fused-ring (bicyclic) bond motifs is 1. The average Bonchev–Trinajstić information content (AvgIpc) is 2.94. The molecule has 4 rings (SSSR count). The first-order valence-corrected chi connectivity index (χ1v) is 9.05. The molecule has 0 aliphatic carbocycles. The maximum atomic E-state index is 4.70. The molecule has 1 aromatic carbocycles. The van der Waals surface area contributed by atoms with Crippen LogP contribution < -0.4 is 5.32 Å². The van der Waals surface area contributed by atoms with Gasteiger partial charge in [0, 0.05) is 37.8 Å². The first kappa shape index (κ1) is 14.4. The molecule has 2 aromatic rings. The van der Waals surface area contributed by atoms with Gasteiger partial charge in [-0.05, 0) is 49.6 Å². The molecule has 0 atom stereocenters. The number of aromatic nitrogens is 1. The number of nitrogens with zero attached hydrogens (tertiary/aromatic N) is 2. The zero-order valence-corrected chi connectivity index (χ0v) is 14.1. The minimum Gasteiger partial charge on any atom is -0.312 e. The van der Waals surface area contributed by atoms with Gasteiger partial charge in [0.25, 0.3) is 0 Å². The normalized spacial score (nSPS) is 19.2. The first-order valence-electron chi connectivity index (χ1n) is 8.23. The highest BCUT2D eigenvalue weighted by atomic mass is 32.1. The zero-order valence-electron chi connectivity index (χ0n) is 13.3. The van der Waals surface area contributed by atoms with Crippen LogP contribution in [-0.4, -0.2) is 35.6 Å². The summed E-state index contributed by atoms with van der Waals surface area (Å²) in [4.78, 5) is 8.52. The van der Waals surface area contributed by atoms with E-state index in [0.717, 1.165) is 19.5 Å². The molecule has 0 saturated carbocycles. The smallest absolute Gasteiger partial charge is 0.0987 e. The van der Waals surface area contributed by atoms with Crippen LogP contribution in [0.15, 0.2) is 24.4 Å². The van der Waals surface area contributed by atoms with Crippen molar-refractivity contribution in [3.05, 3.63) is 40.5 Å². The maximum Gasteiger partial charge on any atom is 0.0987 e. The van der Waals surface area contributed by atoms with E-state index in [2.05, 4.69) is 48.5 Å². The second kappa shape index (κ2) is 5.76. The van der Waals surface area contributed by atoms with Crippen LogP contribution in [0.2, 0.25) is 0 Å². The van der Waals surface area contributed by atoms with E-state index in [1.165, 1.54) is 39.7 Å². The summed E-state index contributed by atoms with van der Waals surface area (Å²) in [7, 11) is 0. The molecule has 0 bridgehead atoms. The molecule has 3 nitrogen and oxygen atoms in total. The molecule has 3 heterocycles. The second-order valence-corrected chi connectivity index (χ2v) is 7.78. The Bertz CT molecular complexity index is 671. The van der Waals surface area contributed by atoms with E-state index in [1.54, 1.807) is 0 Å². The molecule has 0 amide bonds. The molecular weight excluding hydrogens is 290 g/mol. The predicted molar refractivity (Wildman–Crippen MR) is 92.4 cm³/mol. The van der Waals surface area contributed by atoms with E-state index in [0.29, 0.717) is 12.0 Å². The molecule has 2 aliphatic rings. The summed E-state index contributed by atoms with van der Waals surface area (Å²) in [6.45, 7) is 8.97. The fourth-order valence-corrected chi connectivity index (χ4v) is 4.33. The van der Waals surface area contributed by atoms with Gasteiger partial charge in [0.05, 0.1) is 9.88 Å². The highest BCUT2D eigenvalue weighted by molar-refractivity contribution is 7.15. The molecule has 0 spiro atoms. The molecule has 22 heavy (non-hydrogen) atoms. The van der Waals surface area contributed by atoms with Crippen molar-refractivity contribution in [2.75, 3.05) is 19.6 Å². The van der Waals surface area contributed by atoms with Gasteiger partial charge in [0.1, 0.15) is 0 Å². The summed E-state index contributed by atoms with van der Waals surface area (Å²) in [6.07, 6.45) is 3.21. The third kappa shape index (κ3) is 2.60. The van der Waals surface area contributed by atoms with E-state index in [4.69, 9.17) is 4.98 Å². The number of thiazole rings is 1. The minimum atomic E-state index is 0.639. The van der Waals surface area contributed by atoms with Gasteiger partial charge in [-0.2, -0.15) is 0 Å². The lowest BCUT2D eigenvalue weighted by molar-refractivity contribution is 0.110. The van der Waals surface area contributed by atoms with E-state index >= 15 is 0 Å². The molecule has 2 aliphatic heterocycles. The Morgan fingerprint density at radius 1 is 1.27 bits per heavy atom. The number of rotatable bonds is 3. The quantitative estimate of drug-likeness (QED) is 0.943. The van der Waals surface area contributed by atoms with E-state index in [9.17, 15) is 0 Å². The van der Waals surface area contributed by atoms with Gasteiger partial charge >= 0.3 is 0 Å². The van der Waals surface area contributed by atoms with Crippen molar-refractivity contribution in [3.8, 4) is 10.4 Å². The number of hydrogen-bond donors (Lipinski definition) is 1. The Kier molecular flexibility index (Phi) is 3.76. The lowest BCUT2D eigenvalue weighted by atomic mass is 9.98. The average molecular weight is 313 g/mol. The SMILES string of the molecule is CC(C)N1CC(c2ncc(-c3ccc4c(c3)CNCC4)s2)C1. The molecular formula is C18H23N3S. The highest BCUT2D eigenvalue weighted by Gasteiger charge is 2.31. The van der Waals surface area contributed by atoms with E-state index in [-0.39, 0.29) is 0 Å². The Morgan fingerprint density at radius 3 is 2.95 bits per heavy atom. The Balaban J connectivity index is 1.52. The molecule has 0 radical (unpaired) electrons. The molecule has 1 N–H and O–H groups in total. The largest absolute Gasteiger partial charge is 0.312 e. The van der Waals surface area contributed by atoms with Crippen LogP contribution in [0.4, 0.5) is 0 Å². The fraction of sp³-hybridized carbons (Fsp3) is 0.500. The molecule has 1 fully saturated rings. The first-order chi connectivity index (χ1) is 10.7. The second-order valence-electron chi connectivity index (χ2n) is 6.72. The summed E-state index contributed by atoms with van der Waals surface area (Å²) >= 11 is 1.88. The van der Waals surface area contributed by atoms with Crippen molar-refractivity contribution in [2.45, 2.75) is 38.8 Å². The molecule has 1 aromatic heterocycles. The fourth-order valence-electron chi connectivity index (χ4n) is 3.33. The van der Waals surface area contributed by atoms with Crippen LogP contribution >= 0.6 is 11.3 Å². The summed E-state index contributed by atoms with van der Waals surface area (Å²) in [5.41, 5.74) is 4.28. The standard InChI is InChI=1S/C18H23N3S/c1-12(2)21-10-16(11-21)18-20-9-17(22-18)14-4-3-13-5-6-19-8-15(13)7-14/h3-4,7,9,12,16,19H,5-6,8,10-11H2,1-2H3. The van der Waals surface area contributed by atoms with Crippen molar-refractivity contribution >= 4 is 11.3 Å². The summed E-state index contributed by atoms with van der Waals surface area (Å²) in [5, 5.41) is 4.77. The van der Waals surface area contributed by atoms with Crippen molar-refractivity contribution in [1.29, 1.82) is 0 Å². The van der Waals surface area contributed by atoms with Gasteiger partial charge in [-0.3, -0.25) is 4.90 Å².